The van der Waals surface area contributed by atoms with E-state index in [4.69, 9.17) is 4.74 Å². The van der Waals surface area contributed by atoms with Gasteiger partial charge in [0.15, 0.2) is 0 Å². The number of anilines is 1. The Morgan fingerprint density at radius 1 is 0.953 bits per heavy atom. The van der Waals surface area contributed by atoms with Gasteiger partial charge in [0.1, 0.15) is 23.7 Å². The van der Waals surface area contributed by atoms with E-state index in [9.17, 15) is 18.8 Å². The number of methoxy groups -OCH3 is 1. The monoisotopic (exact) mass is 574 g/mol. The largest absolute Gasteiger partial charge is 0.497 e. The Morgan fingerprint density at radius 3 is 2.40 bits per heavy atom. The molecule has 1 aromatic heterocycles. The molecule has 0 spiro atoms. The van der Waals surface area contributed by atoms with Crippen molar-refractivity contribution in [1.82, 2.24) is 15.2 Å². The van der Waals surface area contributed by atoms with Crippen LogP contribution in [-0.4, -0.2) is 40.9 Å². The minimum Gasteiger partial charge on any atom is -0.497 e. The maximum atomic E-state index is 14.1. The van der Waals surface area contributed by atoms with Crippen LogP contribution in [0.15, 0.2) is 97.1 Å². The number of carbonyl (C=O) groups excluding carboxylic acids is 3. The van der Waals surface area contributed by atoms with E-state index in [1.54, 1.807) is 48.4 Å². The van der Waals surface area contributed by atoms with Gasteiger partial charge in [-0.25, -0.2) is 14.1 Å². The molecule has 0 unspecified atom stereocenters. The standard InChI is InChI=1S/C34H27FN4O4/c1-43-25-16-10-21(11-17-25)31-30-27(26-4-2-3-5-28(26)37-30)18-29-33(41)38(34(42)39(29)31)24-14-8-22(9-15-24)32(40)36-19-20-6-12-23(35)13-7-20/h2-17,29,31,37H,18-19H2,1H3,(H,36,40)/t29-,31+/m0/s1. The summed E-state index contributed by atoms with van der Waals surface area (Å²) in [5.74, 6) is -0.282. The Balaban J connectivity index is 1.19. The fourth-order valence-corrected chi connectivity index (χ4v) is 6.09. The molecule has 5 aromatic rings. The lowest BCUT2D eigenvalue weighted by molar-refractivity contribution is -0.120. The van der Waals surface area contributed by atoms with Crippen molar-refractivity contribution in [2.75, 3.05) is 12.0 Å². The Hall–Kier alpha value is -5.44. The summed E-state index contributed by atoms with van der Waals surface area (Å²) >= 11 is 0. The number of imide groups is 1. The molecule has 8 nitrogen and oxygen atoms in total. The molecule has 7 rings (SSSR count). The number of amides is 4. The number of aromatic nitrogens is 1. The molecule has 2 aliphatic heterocycles. The van der Waals surface area contributed by atoms with Gasteiger partial charge in [-0.2, -0.15) is 0 Å². The second-order valence-corrected chi connectivity index (χ2v) is 10.7. The van der Waals surface area contributed by atoms with Crippen LogP contribution in [-0.2, 0) is 17.8 Å². The van der Waals surface area contributed by atoms with Crippen LogP contribution >= 0.6 is 0 Å². The fourth-order valence-electron chi connectivity index (χ4n) is 6.09. The molecule has 214 valence electrons. The van der Waals surface area contributed by atoms with E-state index in [1.165, 1.54) is 17.0 Å². The Bertz CT molecular complexity index is 1870. The Kier molecular flexibility index (Phi) is 6.42. The number of aromatic amines is 1. The van der Waals surface area contributed by atoms with Crippen LogP contribution in [0, 0.1) is 5.82 Å². The third-order valence-electron chi connectivity index (χ3n) is 8.23. The normalized spacial score (nSPS) is 17.6. The van der Waals surface area contributed by atoms with Crippen molar-refractivity contribution >= 4 is 34.4 Å². The minimum atomic E-state index is -0.690. The van der Waals surface area contributed by atoms with Crippen LogP contribution in [0.4, 0.5) is 14.9 Å². The number of hydrogen-bond acceptors (Lipinski definition) is 4. The quantitative estimate of drug-likeness (QED) is 0.253. The molecule has 2 aliphatic rings. The number of hydrogen-bond donors (Lipinski definition) is 2. The fraction of sp³-hybridized carbons (Fsp3) is 0.147. The molecule has 4 amide bonds. The van der Waals surface area contributed by atoms with E-state index >= 15 is 0 Å². The van der Waals surface area contributed by atoms with E-state index < -0.39 is 18.1 Å². The highest BCUT2D eigenvalue weighted by Gasteiger charge is 2.53. The number of ether oxygens (including phenoxy) is 1. The average molecular weight is 575 g/mol. The van der Waals surface area contributed by atoms with Crippen LogP contribution in [0.2, 0.25) is 0 Å². The molecule has 2 N–H and O–H groups in total. The van der Waals surface area contributed by atoms with E-state index in [-0.39, 0.29) is 24.2 Å². The highest BCUT2D eigenvalue weighted by Crippen LogP contribution is 2.45. The first kappa shape index (κ1) is 26.5. The lowest BCUT2D eigenvalue weighted by atomic mass is 9.89. The number of nitrogens with one attached hydrogen (secondary N) is 2. The van der Waals surface area contributed by atoms with Crippen molar-refractivity contribution in [3.05, 3.63) is 131 Å². The van der Waals surface area contributed by atoms with Crippen LogP contribution in [0.1, 0.15) is 38.8 Å². The molecular weight excluding hydrogens is 547 g/mol. The van der Waals surface area contributed by atoms with Gasteiger partial charge < -0.3 is 15.0 Å². The van der Waals surface area contributed by atoms with Gasteiger partial charge in [0.25, 0.3) is 11.8 Å². The molecule has 0 radical (unpaired) electrons. The van der Waals surface area contributed by atoms with Crippen LogP contribution in [0.5, 0.6) is 5.75 Å². The van der Waals surface area contributed by atoms with E-state index in [0.29, 0.717) is 23.4 Å². The topological polar surface area (TPSA) is 94.7 Å². The summed E-state index contributed by atoms with van der Waals surface area (Å²) in [6, 6.07) is 26.2. The average Bonchev–Trinajstić information content (AvgIpc) is 3.53. The van der Waals surface area contributed by atoms with Crippen molar-refractivity contribution < 1.29 is 23.5 Å². The molecule has 1 fully saturated rings. The molecule has 0 bridgehead atoms. The molecule has 0 saturated carbocycles. The first-order valence-electron chi connectivity index (χ1n) is 14.0. The van der Waals surface area contributed by atoms with Crippen molar-refractivity contribution in [2.24, 2.45) is 0 Å². The lowest BCUT2D eigenvalue weighted by Gasteiger charge is -2.36. The predicted molar refractivity (Wildman–Crippen MR) is 159 cm³/mol. The van der Waals surface area contributed by atoms with Gasteiger partial charge in [-0.3, -0.25) is 14.5 Å². The second kappa shape index (κ2) is 10.4. The molecule has 3 heterocycles. The van der Waals surface area contributed by atoms with Gasteiger partial charge in [-0.05, 0) is 71.3 Å². The van der Waals surface area contributed by atoms with Gasteiger partial charge >= 0.3 is 6.03 Å². The third-order valence-corrected chi connectivity index (χ3v) is 8.23. The van der Waals surface area contributed by atoms with Crippen molar-refractivity contribution in [2.45, 2.75) is 25.0 Å². The molecule has 2 atom stereocenters. The minimum absolute atomic E-state index is 0.238. The summed E-state index contributed by atoms with van der Waals surface area (Å²) in [6.45, 7) is 0.238. The zero-order valence-corrected chi connectivity index (χ0v) is 23.2. The third kappa shape index (κ3) is 4.50. The number of para-hydroxylation sites is 1. The van der Waals surface area contributed by atoms with Crippen LogP contribution in [0.3, 0.4) is 0 Å². The van der Waals surface area contributed by atoms with Crippen molar-refractivity contribution in [3.63, 3.8) is 0 Å². The number of carbonyl (C=O) groups is 3. The van der Waals surface area contributed by atoms with Crippen LogP contribution in [0.25, 0.3) is 10.9 Å². The van der Waals surface area contributed by atoms with Gasteiger partial charge in [0.05, 0.1) is 12.8 Å². The number of rotatable bonds is 6. The molecule has 0 aliphatic carbocycles. The smallest absolute Gasteiger partial charge is 0.332 e. The number of H-pyrrole nitrogens is 1. The highest BCUT2D eigenvalue weighted by atomic mass is 19.1. The summed E-state index contributed by atoms with van der Waals surface area (Å²) in [5, 5.41) is 3.84. The van der Waals surface area contributed by atoms with Crippen LogP contribution < -0.4 is 15.0 Å². The summed E-state index contributed by atoms with van der Waals surface area (Å²) < 4.78 is 18.5. The summed E-state index contributed by atoms with van der Waals surface area (Å²) in [4.78, 5) is 47.1. The second-order valence-electron chi connectivity index (χ2n) is 10.7. The van der Waals surface area contributed by atoms with Gasteiger partial charge in [-0.15, -0.1) is 0 Å². The first-order chi connectivity index (χ1) is 20.9. The number of nitrogens with zero attached hydrogens (tertiary/aromatic N) is 2. The molecule has 43 heavy (non-hydrogen) atoms. The van der Waals surface area contributed by atoms with Gasteiger partial charge in [0.2, 0.25) is 0 Å². The first-order valence-corrected chi connectivity index (χ1v) is 14.0. The maximum absolute atomic E-state index is 14.1. The van der Waals surface area contributed by atoms with E-state index in [2.05, 4.69) is 10.3 Å². The molecule has 9 heteroatoms. The summed E-state index contributed by atoms with van der Waals surface area (Å²) in [7, 11) is 1.60. The SMILES string of the molecule is COc1ccc([C@@H]2c3[nH]c4ccccc4c3C[C@H]3C(=O)N(c4ccc(C(=O)NCc5ccc(F)cc5)cc4)C(=O)N23)cc1. The van der Waals surface area contributed by atoms with E-state index in [0.717, 1.165) is 33.3 Å². The maximum Gasteiger partial charge on any atom is 0.332 e. The number of urea groups is 1. The molecular formula is C34H27FN4O4. The highest BCUT2D eigenvalue weighted by molar-refractivity contribution is 6.22. The summed E-state index contributed by atoms with van der Waals surface area (Å²) in [5.41, 5.74) is 5.25. The van der Waals surface area contributed by atoms with Gasteiger partial charge in [-0.1, -0.05) is 42.5 Å². The molecule has 1 saturated heterocycles. The Morgan fingerprint density at radius 2 is 1.67 bits per heavy atom. The lowest BCUT2D eigenvalue weighted by Crippen LogP contribution is -2.44. The zero-order chi connectivity index (χ0) is 29.7. The Labute approximate surface area is 246 Å². The zero-order valence-electron chi connectivity index (χ0n) is 23.2. The predicted octanol–water partition coefficient (Wildman–Crippen LogP) is 5.73. The number of fused-ring (bicyclic) bond motifs is 4. The van der Waals surface area contributed by atoms with E-state index in [1.807, 2.05) is 48.5 Å². The number of benzene rings is 4. The van der Waals surface area contributed by atoms with Gasteiger partial charge in [0, 0.05) is 35.1 Å². The summed E-state index contributed by atoms with van der Waals surface area (Å²) in [6.07, 6.45) is 0.386. The number of halogens is 1. The van der Waals surface area contributed by atoms with Crippen molar-refractivity contribution in [3.8, 4) is 5.75 Å². The molecule has 4 aromatic carbocycles. The van der Waals surface area contributed by atoms with Crippen molar-refractivity contribution in [1.29, 1.82) is 0 Å².